The average molecular weight is 178 g/mol. The zero-order valence-corrected chi connectivity index (χ0v) is 7.47. The molecular weight excluding hydrogens is 170 g/mol. The second kappa shape index (κ2) is 2.76. The van der Waals surface area contributed by atoms with Crippen LogP contribution < -0.4 is 0 Å². The topological polar surface area (TPSA) is 12.9 Å². The summed E-state index contributed by atoms with van der Waals surface area (Å²) in [6.07, 6.45) is 1.80. The summed E-state index contributed by atoms with van der Waals surface area (Å²) in [5.41, 5.74) is 0.984. The molecule has 0 N–H and O–H groups in total. The summed E-state index contributed by atoms with van der Waals surface area (Å²) in [6, 6.07) is 7.84. The minimum absolute atomic E-state index is 0.776. The van der Waals surface area contributed by atoms with Crippen LogP contribution in [-0.2, 0) is 0 Å². The van der Waals surface area contributed by atoms with Gasteiger partial charge in [-0.25, -0.2) is 0 Å². The molecule has 0 aliphatic carbocycles. The van der Waals surface area contributed by atoms with Crippen molar-refractivity contribution in [2.75, 3.05) is 0 Å². The lowest BCUT2D eigenvalue weighted by molar-refractivity contribution is 1.24. The number of halogens is 1. The third kappa shape index (κ3) is 1.07. The number of aromatic nitrogens is 1. The monoisotopic (exact) mass is 177 g/mol. The molecule has 12 heavy (non-hydrogen) atoms. The largest absolute Gasteiger partial charge is 0.261 e. The van der Waals surface area contributed by atoms with Crippen molar-refractivity contribution in [3.63, 3.8) is 0 Å². The first kappa shape index (κ1) is 7.56. The predicted molar refractivity (Wildman–Crippen MR) is 51.5 cm³/mol. The van der Waals surface area contributed by atoms with Crippen LogP contribution in [0.25, 0.3) is 10.8 Å². The van der Waals surface area contributed by atoms with Gasteiger partial charge in [-0.2, -0.15) is 0 Å². The number of aryl methyl sites for hydroxylation is 1. The van der Waals surface area contributed by atoms with E-state index in [1.807, 2.05) is 31.2 Å². The van der Waals surface area contributed by atoms with E-state index in [-0.39, 0.29) is 0 Å². The van der Waals surface area contributed by atoms with Crippen LogP contribution in [0, 0.1) is 6.92 Å². The summed E-state index contributed by atoms with van der Waals surface area (Å²) in [5.74, 6) is 0. The van der Waals surface area contributed by atoms with Gasteiger partial charge in [0.1, 0.15) is 0 Å². The molecule has 0 bridgehead atoms. The molecule has 2 heteroatoms. The Bertz CT molecular complexity index is 386. The first-order valence-electron chi connectivity index (χ1n) is 3.79. The predicted octanol–water partition coefficient (Wildman–Crippen LogP) is 3.20. The first-order valence-corrected chi connectivity index (χ1v) is 4.16. The van der Waals surface area contributed by atoms with Gasteiger partial charge in [-0.1, -0.05) is 23.7 Å². The van der Waals surface area contributed by atoms with Crippen molar-refractivity contribution in [2.24, 2.45) is 0 Å². The number of pyridine rings is 1. The van der Waals surface area contributed by atoms with E-state index >= 15 is 0 Å². The standard InChI is InChI=1S/C10H8ClN/c1-7-10-8(5-6-12-7)3-2-4-9(10)11/h2-6H,1H3. The molecule has 2 rings (SSSR count). The van der Waals surface area contributed by atoms with Crippen molar-refractivity contribution >= 4 is 22.4 Å². The molecule has 0 spiro atoms. The fourth-order valence-corrected chi connectivity index (χ4v) is 1.67. The van der Waals surface area contributed by atoms with E-state index in [1.165, 1.54) is 0 Å². The Morgan fingerprint density at radius 3 is 2.83 bits per heavy atom. The number of nitrogens with zero attached hydrogens (tertiary/aromatic N) is 1. The van der Waals surface area contributed by atoms with Crippen LogP contribution in [0.5, 0.6) is 0 Å². The number of rotatable bonds is 0. The molecule has 0 aliphatic rings. The summed E-state index contributed by atoms with van der Waals surface area (Å²) in [5, 5.41) is 2.98. The molecule has 0 radical (unpaired) electrons. The van der Waals surface area contributed by atoms with Crippen molar-refractivity contribution in [3.05, 3.63) is 41.2 Å². The highest BCUT2D eigenvalue weighted by molar-refractivity contribution is 6.35. The smallest absolute Gasteiger partial charge is 0.0502 e. The number of hydrogen-bond acceptors (Lipinski definition) is 1. The minimum atomic E-state index is 0.776. The lowest BCUT2D eigenvalue weighted by atomic mass is 10.1. The molecule has 0 amide bonds. The average Bonchev–Trinajstić information content (AvgIpc) is 2.04. The SMILES string of the molecule is Cc1nccc2cccc(Cl)c12. The Hall–Kier alpha value is -1.08. The van der Waals surface area contributed by atoms with Crippen molar-refractivity contribution in [3.8, 4) is 0 Å². The van der Waals surface area contributed by atoms with Gasteiger partial charge in [0.05, 0.1) is 5.02 Å². The Balaban J connectivity index is 2.96. The Morgan fingerprint density at radius 2 is 2.08 bits per heavy atom. The lowest BCUT2D eigenvalue weighted by Crippen LogP contribution is -1.83. The van der Waals surface area contributed by atoms with E-state index < -0.39 is 0 Å². The van der Waals surface area contributed by atoms with E-state index in [0.29, 0.717) is 0 Å². The zero-order chi connectivity index (χ0) is 8.55. The fraction of sp³-hybridized carbons (Fsp3) is 0.100. The Kier molecular flexibility index (Phi) is 1.74. The van der Waals surface area contributed by atoms with Crippen LogP contribution in [0.2, 0.25) is 5.02 Å². The summed E-state index contributed by atoms with van der Waals surface area (Å²) >= 11 is 6.02. The summed E-state index contributed by atoms with van der Waals surface area (Å²) < 4.78 is 0. The van der Waals surface area contributed by atoms with E-state index in [2.05, 4.69) is 4.98 Å². The lowest BCUT2D eigenvalue weighted by Gasteiger charge is -2.01. The van der Waals surface area contributed by atoms with Crippen LogP contribution in [0.3, 0.4) is 0 Å². The molecule has 0 saturated carbocycles. The molecule has 1 heterocycles. The van der Waals surface area contributed by atoms with Crippen molar-refractivity contribution < 1.29 is 0 Å². The maximum absolute atomic E-state index is 6.02. The molecule has 1 aromatic heterocycles. The second-order valence-electron chi connectivity index (χ2n) is 2.73. The molecule has 1 nitrogen and oxygen atoms in total. The van der Waals surface area contributed by atoms with Gasteiger partial charge in [0.25, 0.3) is 0 Å². The molecule has 1 aromatic carbocycles. The molecule has 0 unspecified atom stereocenters. The fourth-order valence-electron chi connectivity index (χ4n) is 1.36. The van der Waals surface area contributed by atoms with Gasteiger partial charge in [-0.05, 0) is 24.4 Å². The van der Waals surface area contributed by atoms with Crippen molar-refractivity contribution in [1.29, 1.82) is 0 Å². The van der Waals surface area contributed by atoms with Crippen molar-refractivity contribution in [2.45, 2.75) is 6.92 Å². The van der Waals surface area contributed by atoms with Gasteiger partial charge in [0.15, 0.2) is 0 Å². The van der Waals surface area contributed by atoms with Crippen LogP contribution in [0.15, 0.2) is 30.5 Å². The summed E-state index contributed by atoms with van der Waals surface area (Å²) in [6.45, 7) is 1.97. The van der Waals surface area contributed by atoms with Crippen LogP contribution in [-0.4, -0.2) is 4.98 Å². The third-order valence-corrected chi connectivity index (χ3v) is 2.24. The number of benzene rings is 1. The van der Waals surface area contributed by atoms with Gasteiger partial charge in [0, 0.05) is 17.3 Å². The van der Waals surface area contributed by atoms with Gasteiger partial charge in [-0.15, -0.1) is 0 Å². The quantitative estimate of drug-likeness (QED) is 0.602. The molecular formula is C10H8ClN. The van der Waals surface area contributed by atoms with E-state index in [9.17, 15) is 0 Å². The highest BCUT2D eigenvalue weighted by Gasteiger charge is 2.00. The maximum atomic E-state index is 6.02. The molecule has 0 atom stereocenters. The van der Waals surface area contributed by atoms with E-state index in [4.69, 9.17) is 11.6 Å². The minimum Gasteiger partial charge on any atom is -0.261 e. The zero-order valence-electron chi connectivity index (χ0n) is 6.71. The van der Waals surface area contributed by atoms with Crippen molar-refractivity contribution in [1.82, 2.24) is 4.98 Å². The summed E-state index contributed by atoms with van der Waals surface area (Å²) in [7, 11) is 0. The van der Waals surface area contributed by atoms with Crippen LogP contribution in [0.4, 0.5) is 0 Å². The first-order chi connectivity index (χ1) is 5.79. The third-order valence-electron chi connectivity index (χ3n) is 1.93. The second-order valence-corrected chi connectivity index (χ2v) is 3.14. The number of hydrogen-bond donors (Lipinski definition) is 0. The van der Waals surface area contributed by atoms with Crippen LogP contribution in [0.1, 0.15) is 5.69 Å². The Morgan fingerprint density at radius 1 is 1.25 bits per heavy atom. The maximum Gasteiger partial charge on any atom is 0.0502 e. The normalized spacial score (nSPS) is 10.5. The van der Waals surface area contributed by atoms with Gasteiger partial charge in [-0.3, -0.25) is 4.98 Å². The number of fused-ring (bicyclic) bond motifs is 1. The highest BCUT2D eigenvalue weighted by atomic mass is 35.5. The van der Waals surface area contributed by atoms with E-state index in [1.54, 1.807) is 6.20 Å². The summed E-state index contributed by atoms with van der Waals surface area (Å²) in [4.78, 5) is 4.18. The van der Waals surface area contributed by atoms with Crippen LogP contribution >= 0.6 is 11.6 Å². The van der Waals surface area contributed by atoms with Gasteiger partial charge >= 0.3 is 0 Å². The van der Waals surface area contributed by atoms with E-state index in [0.717, 1.165) is 21.5 Å². The molecule has 0 saturated heterocycles. The molecule has 0 fully saturated rings. The van der Waals surface area contributed by atoms with Gasteiger partial charge < -0.3 is 0 Å². The molecule has 0 aliphatic heterocycles. The molecule has 60 valence electrons. The highest BCUT2D eigenvalue weighted by Crippen LogP contribution is 2.24. The Labute approximate surface area is 76.0 Å². The molecule has 2 aromatic rings. The van der Waals surface area contributed by atoms with Gasteiger partial charge in [0.2, 0.25) is 0 Å².